The summed E-state index contributed by atoms with van der Waals surface area (Å²) in [6.45, 7) is 0.228. The van der Waals surface area contributed by atoms with Crippen molar-refractivity contribution in [2.75, 3.05) is 12.8 Å². The number of benzene rings is 1. The minimum Gasteiger partial charge on any atom is -0.393 e. The molecule has 1 aromatic heterocycles. The van der Waals surface area contributed by atoms with Gasteiger partial charge in [-0.25, -0.2) is 4.68 Å². The smallest absolute Gasteiger partial charge is 0.294 e. The normalized spacial score (nSPS) is 10.2. The van der Waals surface area contributed by atoms with Crippen LogP contribution in [0.25, 0.3) is 5.69 Å². The zero-order valence-electron chi connectivity index (χ0n) is 9.80. The van der Waals surface area contributed by atoms with Crippen molar-refractivity contribution in [3.05, 3.63) is 45.9 Å². The molecule has 0 unspecified atom stereocenters. The third-order valence-corrected chi connectivity index (χ3v) is 2.53. The molecule has 0 radical (unpaired) electrons. The summed E-state index contributed by atoms with van der Waals surface area (Å²) >= 11 is 0. The van der Waals surface area contributed by atoms with E-state index < -0.39 is 0 Å². The molecule has 18 heavy (non-hydrogen) atoms. The van der Waals surface area contributed by atoms with E-state index in [1.807, 2.05) is 6.07 Å². The third-order valence-electron chi connectivity index (χ3n) is 2.53. The molecule has 0 spiro atoms. The highest BCUT2D eigenvalue weighted by molar-refractivity contribution is 5.46. The second-order valence-corrected chi connectivity index (χ2v) is 3.74. The number of nitrogens with one attached hydrogen (secondary N) is 1. The fourth-order valence-corrected chi connectivity index (χ4v) is 1.65. The average Bonchev–Trinajstić information content (AvgIpc) is 2.68. The highest BCUT2D eigenvalue weighted by Gasteiger charge is 2.12. The molecule has 0 saturated heterocycles. The van der Waals surface area contributed by atoms with E-state index in [-0.39, 0.29) is 17.9 Å². The number of aromatic nitrogens is 2. The van der Waals surface area contributed by atoms with E-state index in [2.05, 4.69) is 5.10 Å². The molecule has 6 heteroatoms. The lowest BCUT2D eigenvalue weighted by molar-refractivity contribution is 0.181. The SMILES string of the molecule is COCc1[nH]n(-c2cccc(C#N)c2)c(=O)c1N. The number of nitrogens with zero attached hydrogens (tertiary/aromatic N) is 2. The van der Waals surface area contributed by atoms with Crippen molar-refractivity contribution in [3.8, 4) is 11.8 Å². The number of nitrogen functional groups attached to an aromatic ring is 1. The van der Waals surface area contributed by atoms with Gasteiger partial charge in [-0.05, 0) is 18.2 Å². The summed E-state index contributed by atoms with van der Waals surface area (Å²) < 4.78 is 6.24. The van der Waals surface area contributed by atoms with Crippen LogP contribution < -0.4 is 11.3 Å². The largest absolute Gasteiger partial charge is 0.393 e. The molecule has 2 aromatic rings. The Bertz CT molecular complexity index is 663. The monoisotopic (exact) mass is 244 g/mol. The number of nitriles is 1. The van der Waals surface area contributed by atoms with Crippen molar-refractivity contribution < 1.29 is 4.74 Å². The highest BCUT2D eigenvalue weighted by atomic mass is 16.5. The Kier molecular flexibility index (Phi) is 3.17. The molecule has 3 N–H and O–H groups in total. The average molecular weight is 244 g/mol. The second kappa shape index (κ2) is 4.77. The molecular formula is C12H12N4O2. The van der Waals surface area contributed by atoms with Crippen LogP contribution in [0.2, 0.25) is 0 Å². The van der Waals surface area contributed by atoms with Crippen molar-refractivity contribution in [1.82, 2.24) is 9.78 Å². The van der Waals surface area contributed by atoms with Crippen molar-refractivity contribution in [3.63, 3.8) is 0 Å². The van der Waals surface area contributed by atoms with E-state index >= 15 is 0 Å². The number of methoxy groups -OCH3 is 1. The Morgan fingerprint density at radius 3 is 3.00 bits per heavy atom. The lowest BCUT2D eigenvalue weighted by Gasteiger charge is -2.01. The Morgan fingerprint density at radius 2 is 2.33 bits per heavy atom. The first-order valence-electron chi connectivity index (χ1n) is 5.26. The highest BCUT2D eigenvalue weighted by Crippen LogP contribution is 2.11. The number of ether oxygens (including phenoxy) is 1. The van der Waals surface area contributed by atoms with E-state index in [1.165, 1.54) is 11.8 Å². The Labute approximate surface area is 103 Å². The van der Waals surface area contributed by atoms with Crippen LogP contribution in [0.1, 0.15) is 11.3 Å². The van der Waals surface area contributed by atoms with E-state index in [4.69, 9.17) is 15.7 Å². The maximum Gasteiger partial charge on any atom is 0.294 e. The van der Waals surface area contributed by atoms with Gasteiger partial charge in [-0.15, -0.1) is 0 Å². The molecule has 1 aromatic carbocycles. The lowest BCUT2D eigenvalue weighted by atomic mass is 10.2. The first kappa shape index (κ1) is 12.0. The molecule has 92 valence electrons. The number of anilines is 1. The van der Waals surface area contributed by atoms with Gasteiger partial charge in [0, 0.05) is 7.11 Å². The topological polar surface area (TPSA) is 96.8 Å². The van der Waals surface area contributed by atoms with Gasteiger partial charge in [-0.1, -0.05) is 6.07 Å². The molecule has 2 rings (SSSR count). The fraction of sp³-hybridized carbons (Fsp3) is 0.167. The third kappa shape index (κ3) is 1.99. The van der Waals surface area contributed by atoms with Crippen LogP contribution in [-0.2, 0) is 11.3 Å². The molecular weight excluding hydrogens is 232 g/mol. The fourth-order valence-electron chi connectivity index (χ4n) is 1.65. The molecule has 0 fully saturated rings. The number of H-pyrrole nitrogens is 1. The minimum absolute atomic E-state index is 0.124. The van der Waals surface area contributed by atoms with E-state index in [0.29, 0.717) is 16.9 Å². The molecule has 0 aliphatic rings. The van der Waals surface area contributed by atoms with Gasteiger partial charge in [0.05, 0.1) is 29.6 Å². The van der Waals surface area contributed by atoms with Crippen LogP contribution >= 0.6 is 0 Å². The summed E-state index contributed by atoms with van der Waals surface area (Å²) in [6, 6.07) is 8.71. The summed E-state index contributed by atoms with van der Waals surface area (Å²) in [5.74, 6) is 0. The maximum atomic E-state index is 11.9. The first-order chi connectivity index (χ1) is 8.67. The number of hydrogen-bond donors (Lipinski definition) is 2. The predicted molar refractivity (Wildman–Crippen MR) is 66.2 cm³/mol. The predicted octanol–water partition coefficient (Wildman–Crippen LogP) is 0.766. The Hall–Kier alpha value is -2.52. The molecule has 6 nitrogen and oxygen atoms in total. The van der Waals surface area contributed by atoms with Gasteiger partial charge in [0.1, 0.15) is 5.69 Å². The molecule has 0 bridgehead atoms. The van der Waals surface area contributed by atoms with Crippen LogP contribution in [0.15, 0.2) is 29.1 Å². The van der Waals surface area contributed by atoms with Gasteiger partial charge >= 0.3 is 0 Å². The van der Waals surface area contributed by atoms with Crippen LogP contribution in [0.3, 0.4) is 0 Å². The minimum atomic E-state index is -0.350. The first-order valence-corrected chi connectivity index (χ1v) is 5.26. The number of nitrogens with two attached hydrogens (primary N) is 1. The van der Waals surface area contributed by atoms with Gasteiger partial charge in [-0.2, -0.15) is 5.26 Å². The Morgan fingerprint density at radius 1 is 1.56 bits per heavy atom. The van der Waals surface area contributed by atoms with Crippen LogP contribution in [0.5, 0.6) is 0 Å². The standard InChI is InChI=1S/C12H12N4O2/c1-18-7-10-11(14)12(17)16(15-10)9-4-2-3-8(5-9)6-13/h2-5,15H,7,14H2,1H3. The molecule has 0 saturated carbocycles. The van der Waals surface area contributed by atoms with Gasteiger partial charge in [-0.3, -0.25) is 9.89 Å². The van der Waals surface area contributed by atoms with E-state index in [9.17, 15) is 4.79 Å². The summed E-state index contributed by atoms with van der Waals surface area (Å²) in [7, 11) is 1.52. The lowest BCUT2D eigenvalue weighted by Crippen LogP contribution is -2.16. The van der Waals surface area contributed by atoms with Crippen LogP contribution in [-0.4, -0.2) is 16.9 Å². The summed E-state index contributed by atoms with van der Waals surface area (Å²) in [5.41, 5.74) is 7.02. The summed E-state index contributed by atoms with van der Waals surface area (Å²) in [6.07, 6.45) is 0. The van der Waals surface area contributed by atoms with Crippen molar-refractivity contribution in [2.45, 2.75) is 6.61 Å². The van der Waals surface area contributed by atoms with Gasteiger partial charge in [0.2, 0.25) is 0 Å². The van der Waals surface area contributed by atoms with Crippen molar-refractivity contribution in [1.29, 1.82) is 5.26 Å². The number of aromatic amines is 1. The number of hydrogen-bond acceptors (Lipinski definition) is 4. The molecule has 0 amide bonds. The second-order valence-electron chi connectivity index (χ2n) is 3.74. The number of rotatable bonds is 3. The molecule has 0 aliphatic heterocycles. The quantitative estimate of drug-likeness (QED) is 0.833. The summed E-state index contributed by atoms with van der Waals surface area (Å²) in [4.78, 5) is 11.9. The van der Waals surface area contributed by atoms with Gasteiger partial charge in [0.15, 0.2) is 0 Å². The van der Waals surface area contributed by atoms with Gasteiger partial charge in [0.25, 0.3) is 5.56 Å². The van der Waals surface area contributed by atoms with Crippen LogP contribution in [0.4, 0.5) is 5.69 Å². The van der Waals surface area contributed by atoms with E-state index in [0.717, 1.165) is 0 Å². The zero-order chi connectivity index (χ0) is 13.1. The Balaban J connectivity index is 2.54. The summed E-state index contributed by atoms with van der Waals surface area (Å²) in [5, 5.41) is 11.7. The molecule has 0 atom stereocenters. The van der Waals surface area contributed by atoms with Crippen molar-refractivity contribution >= 4 is 5.69 Å². The molecule has 1 heterocycles. The van der Waals surface area contributed by atoms with Crippen LogP contribution in [0, 0.1) is 11.3 Å². The maximum absolute atomic E-state index is 11.9. The molecule has 0 aliphatic carbocycles. The van der Waals surface area contributed by atoms with E-state index in [1.54, 1.807) is 24.3 Å². The zero-order valence-corrected chi connectivity index (χ0v) is 9.80. The van der Waals surface area contributed by atoms with Gasteiger partial charge < -0.3 is 10.5 Å². The van der Waals surface area contributed by atoms with Crippen molar-refractivity contribution in [2.24, 2.45) is 0 Å².